The maximum Gasteiger partial charge on any atom is 0.0558 e. The molecule has 15 heavy (non-hydrogen) atoms. The van der Waals surface area contributed by atoms with E-state index in [0.717, 1.165) is 19.6 Å². The van der Waals surface area contributed by atoms with Gasteiger partial charge in [0.1, 0.15) is 0 Å². The van der Waals surface area contributed by atoms with Gasteiger partial charge in [-0.3, -0.25) is 4.90 Å². The molecular weight excluding hydrogens is 188 g/mol. The molecule has 0 spiro atoms. The first kappa shape index (κ1) is 12.7. The Labute approximate surface area is 93.4 Å². The van der Waals surface area contributed by atoms with Gasteiger partial charge in [0.05, 0.1) is 6.61 Å². The lowest BCUT2D eigenvalue weighted by molar-refractivity contribution is 0.199. The van der Waals surface area contributed by atoms with E-state index in [2.05, 4.69) is 16.4 Å². The molecule has 0 saturated carbocycles. The third-order valence-electron chi connectivity index (χ3n) is 2.95. The van der Waals surface area contributed by atoms with Gasteiger partial charge in [-0.15, -0.1) is 6.58 Å². The summed E-state index contributed by atoms with van der Waals surface area (Å²) in [5.41, 5.74) is 0. The third-order valence-corrected chi connectivity index (χ3v) is 2.95. The second kappa shape index (κ2) is 7.85. The van der Waals surface area contributed by atoms with Crippen LogP contribution in [0.1, 0.15) is 19.3 Å². The maximum absolute atomic E-state index is 8.89. The number of rotatable bonds is 8. The minimum Gasteiger partial charge on any atom is -0.395 e. The zero-order valence-electron chi connectivity index (χ0n) is 9.70. The Bertz CT molecular complexity index is 167. The molecule has 0 aromatic heterocycles. The Kier molecular flexibility index (Phi) is 6.64. The molecule has 0 atom stereocenters. The summed E-state index contributed by atoms with van der Waals surface area (Å²) in [4.78, 5) is 4.79. The molecule has 0 aromatic rings. The van der Waals surface area contributed by atoms with Crippen LogP contribution < -0.4 is 0 Å². The summed E-state index contributed by atoms with van der Waals surface area (Å²) in [7, 11) is 0. The summed E-state index contributed by atoms with van der Waals surface area (Å²) in [5.74, 6) is 0. The molecule has 3 heteroatoms. The van der Waals surface area contributed by atoms with E-state index in [1.54, 1.807) is 0 Å². The standard InChI is InChI=1S/C12H24N2O/c1-2-6-13(11-12-15)9-5-10-14-7-3-4-8-14/h2,15H,1,3-12H2. The molecule has 3 nitrogen and oxygen atoms in total. The maximum atomic E-state index is 8.89. The normalized spacial score (nSPS) is 17.5. The number of hydrogen-bond donors (Lipinski definition) is 1. The van der Waals surface area contributed by atoms with Crippen LogP contribution in [0.15, 0.2) is 12.7 Å². The fraction of sp³-hybridized carbons (Fsp3) is 0.833. The van der Waals surface area contributed by atoms with E-state index in [1.165, 1.54) is 38.9 Å². The molecule has 0 aliphatic carbocycles. The van der Waals surface area contributed by atoms with Crippen LogP contribution in [0, 0.1) is 0 Å². The van der Waals surface area contributed by atoms with Gasteiger partial charge in [0.25, 0.3) is 0 Å². The highest BCUT2D eigenvalue weighted by molar-refractivity contribution is 4.74. The smallest absolute Gasteiger partial charge is 0.0558 e. The highest BCUT2D eigenvalue weighted by Crippen LogP contribution is 2.07. The highest BCUT2D eigenvalue weighted by Gasteiger charge is 2.11. The molecule has 1 N–H and O–H groups in total. The second-order valence-corrected chi connectivity index (χ2v) is 4.22. The van der Waals surface area contributed by atoms with Gasteiger partial charge in [-0.05, 0) is 45.4 Å². The topological polar surface area (TPSA) is 26.7 Å². The molecule has 1 aliphatic heterocycles. The quantitative estimate of drug-likeness (QED) is 0.607. The second-order valence-electron chi connectivity index (χ2n) is 4.22. The molecule has 0 aromatic carbocycles. The minimum absolute atomic E-state index is 0.248. The van der Waals surface area contributed by atoms with Crippen LogP contribution in [0.25, 0.3) is 0 Å². The monoisotopic (exact) mass is 212 g/mol. The lowest BCUT2D eigenvalue weighted by Gasteiger charge is -2.21. The summed E-state index contributed by atoms with van der Waals surface area (Å²) in [6.07, 6.45) is 5.85. The van der Waals surface area contributed by atoms with Gasteiger partial charge in [-0.1, -0.05) is 6.08 Å². The molecular formula is C12H24N2O. The van der Waals surface area contributed by atoms with Gasteiger partial charge in [-0.2, -0.15) is 0 Å². The van der Waals surface area contributed by atoms with E-state index in [4.69, 9.17) is 5.11 Å². The van der Waals surface area contributed by atoms with Crippen LogP contribution in [0.3, 0.4) is 0 Å². The Hall–Kier alpha value is -0.380. The van der Waals surface area contributed by atoms with Crippen molar-refractivity contribution in [1.29, 1.82) is 0 Å². The first-order valence-corrected chi connectivity index (χ1v) is 6.03. The van der Waals surface area contributed by atoms with E-state index < -0.39 is 0 Å². The first-order chi connectivity index (χ1) is 7.36. The van der Waals surface area contributed by atoms with Crippen LogP contribution in [0.4, 0.5) is 0 Å². The molecule has 0 unspecified atom stereocenters. The molecule has 0 amide bonds. The lowest BCUT2D eigenvalue weighted by Crippen LogP contribution is -2.31. The Morgan fingerprint density at radius 3 is 2.60 bits per heavy atom. The van der Waals surface area contributed by atoms with E-state index in [-0.39, 0.29) is 6.61 Å². The molecule has 0 radical (unpaired) electrons. The molecule has 0 bridgehead atoms. The van der Waals surface area contributed by atoms with Crippen molar-refractivity contribution >= 4 is 0 Å². The average molecular weight is 212 g/mol. The summed E-state index contributed by atoms with van der Waals surface area (Å²) >= 11 is 0. The van der Waals surface area contributed by atoms with Gasteiger partial charge >= 0.3 is 0 Å². The van der Waals surface area contributed by atoms with Crippen molar-refractivity contribution in [3.63, 3.8) is 0 Å². The predicted octanol–water partition coefficient (Wildman–Crippen LogP) is 0.953. The van der Waals surface area contributed by atoms with Crippen molar-refractivity contribution in [3.8, 4) is 0 Å². The lowest BCUT2D eigenvalue weighted by atomic mass is 10.3. The van der Waals surface area contributed by atoms with Gasteiger partial charge in [0.2, 0.25) is 0 Å². The fourth-order valence-corrected chi connectivity index (χ4v) is 2.14. The summed E-state index contributed by atoms with van der Waals surface area (Å²) < 4.78 is 0. The molecule has 1 heterocycles. The first-order valence-electron chi connectivity index (χ1n) is 6.03. The molecule has 1 rings (SSSR count). The van der Waals surface area contributed by atoms with Crippen molar-refractivity contribution in [1.82, 2.24) is 9.80 Å². The Morgan fingerprint density at radius 1 is 1.27 bits per heavy atom. The number of hydrogen-bond acceptors (Lipinski definition) is 3. The zero-order valence-corrected chi connectivity index (χ0v) is 9.70. The third kappa shape index (κ3) is 5.30. The van der Waals surface area contributed by atoms with Crippen LogP contribution in [-0.4, -0.2) is 60.8 Å². The van der Waals surface area contributed by atoms with Crippen LogP contribution in [0.5, 0.6) is 0 Å². The highest BCUT2D eigenvalue weighted by atomic mass is 16.3. The van der Waals surface area contributed by atoms with E-state index in [1.807, 2.05) is 6.08 Å². The number of aliphatic hydroxyl groups is 1. The largest absolute Gasteiger partial charge is 0.395 e. The fourth-order valence-electron chi connectivity index (χ4n) is 2.14. The van der Waals surface area contributed by atoms with Gasteiger partial charge in [-0.25, -0.2) is 0 Å². The summed E-state index contributed by atoms with van der Waals surface area (Å²) in [6, 6.07) is 0. The van der Waals surface area contributed by atoms with Crippen molar-refractivity contribution in [2.45, 2.75) is 19.3 Å². The molecule has 1 aliphatic rings. The number of likely N-dealkylation sites (tertiary alicyclic amines) is 1. The van der Waals surface area contributed by atoms with Crippen molar-refractivity contribution in [2.75, 3.05) is 45.9 Å². The minimum atomic E-state index is 0.248. The number of nitrogens with zero attached hydrogens (tertiary/aromatic N) is 2. The van der Waals surface area contributed by atoms with Crippen LogP contribution in [-0.2, 0) is 0 Å². The summed E-state index contributed by atoms with van der Waals surface area (Å²) in [5, 5.41) is 8.89. The van der Waals surface area contributed by atoms with Gasteiger partial charge in [0.15, 0.2) is 0 Å². The number of aliphatic hydroxyl groups excluding tert-OH is 1. The van der Waals surface area contributed by atoms with Crippen molar-refractivity contribution in [3.05, 3.63) is 12.7 Å². The van der Waals surface area contributed by atoms with E-state index in [0.29, 0.717) is 0 Å². The Morgan fingerprint density at radius 2 is 2.00 bits per heavy atom. The van der Waals surface area contributed by atoms with Gasteiger partial charge < -0.3 is 10.0 Å². The van der Waals surface area contributed by atoms with Crippen molar-refractivity contribution in [2.24, 2.45) is 0 Å². The van der Waals surface area contributed by atoms with E-state index >= 15 is 0 Å². The SMILES string of the molecule is C=CCN(CCO)CCCN1CCCC1. The Balaban J connectivity index is 2.06. The predicted molar refractivity (Wildman–Crippen MR) is 64.0 cm³/mol. The van der Waals surface area contributed by atoms with Crippen molar-refractivity contribution < 1.29 is 5.11 Å². The van der Waals surface area contributed by atoms with Gasteiger partial charge in [0, 0.05) is 13.1 Å². The molecule has 1 saturated heterocycles. The van der Waals surface area contributed by atoms with Crippen LogP contribution >= 0.6 is 0 Å². The summed E-state index contributed by atoms with van der Waals surface area (Å²) in [6.45, 7) is 10.5. The van der Waals surface area contributed by atoms with E-state index in [9.17, 15) is 0 Å². The zero-order chi connectivity index (χ0) is 10.9. The average Bonchev–Trinajstić information content (AvgIpc) is 2.71. The molecule has 88 valence electrons. The van der Waals surface area contributed by atoms with Crippen LogP contribution in [0.2, 0.25) is 0 Å². The molecule has 1 fully saturated rings.